The molecule has 1 aromatic carbocycles. The molecule has 5 atom stereocenters. The van der Waals surface area contributed by atoms with Gasteiger partial charge in [0, 0.05) is 36.4 Å². The quantitative estimate of drug-likeness (QED) is 0.554. The Morgan fingerprint density at radius 1 is 1.21 bits per heavy atom. The van der Waals surface area contributed by atoms with E-state index in [0.29, 0.717) is 31.0 Å². The second-order valence-corrected chi connectivity index (χ2v) is 8.84. The van der Waals surface area contributed by atoms with Gasteiger partial charge in [0.15, 0.2) is 0 Å². The van der Waals surface area contributed by atoms with E-state index in [4.69, 9.17) is 13.9 Å². The van der Waals surface area contributed by atoms with E-state index in [1.807, 2.05) is 24.3 Å². The highest BCUT2D eigenvalue weighted by molar-refractivity contribution is 5.96. The molecule has 34 heavy (non-hydrogen) atoms. The molecule has 0 radical (unpaired) electrons. The summed E-state index contributed by atoms with van der Waals surface area (Å²) in [4.78, 5) is 28.3. The Hall–Kier alpha value is -3.14. The van der Waals surface area contributed by atoms with Crippen molar-refractivity contribution < 1.29 is 33.7 Å². The van der Waals surface area contributed by atoms with Crippen LogP contribution in [0.1, 0.15) is 23.5 Å². The van der Waals surface area contributed by atoms with Gasteiger partial charge in [-0.15, -0.1) is 0 Å². The third-order valence-corrected chi connectivity index (χ3v) is 6.73. The van der Waals surface area contributed by atoms with Gasteiger partial charge < -0.3 is 34.3 Å². The lowest BCUT2D eigenvalue weighted by Crippen LogP contribution is -2.56. The highest BCUT2D eigenvalue weighted by Gasteiger charge is 2.51. The Kier molecular flexibility index (Phi) is 6.40. The fourth-order valence-electron chi connectivity index (χ4n) is 5.06. The van der Waals surface area contributed by atoms with Gasteiger partial charge in [0.25, 0.3) is 0 Å². The first-order valence-corrected chi connectivity index (χ1v) is 11.5. The molecule has 3 aliphatic rings. The van der Waals surface area contributed by atoms with E-state index < -0.39 is 24.2 Å². The Labute approximate surface area is 196 Å². The topological polar surface area (TPSA) is 121 Å². The maximum absolute atomic E-state index is 13.6. The molecule has 3 heterocycles. The maximum atomic E-state index is 13.6. The van der Waals surface area contributed by atoms with Crippen molar-refractivity contribution in [2.45, 2.75) is 37.1 Å². The van der Waals surface area contributed by atoms with Crippen LogP contribution in [-0.2, 0) is 20.9 Å². The number of furan rings is 1. The molecule has 0 spiro atoms. The average molecular weight is 469 g/mol. The molecule has 5 unspecified atom stereocenters. The minimum Gasteiger partial charge on any atom is -0.486 e. The molecule has 1 aliphatic carbocycles. The Balaban J connectivity index is 1.54. The molecule has 1 aromatic heterocycles. The standard InChI is InChI=1S/C25H28N2O7/c28-8-7-26-24(30)18-11-19(22(29)23-21(18)17-3-1-2-4-20(17)34-23)27(12-15-5-9-32-13-15)25(31)16-6-10-33-14-16/h1-5,9,11,13,16,19,21-23,28-29H,6-8,10,12,14H2,(H,26,30). The summed E-state index contributed by atoms with van der Waals surface area (Å²) in [5.74, 6) is -0.709. The number of benzene rings is 1. The molecule has 1 fully saturated rings. The number of amides is 2. The van der Waals surface area contributed by atoms with Crippen LogP contribution in [0.2, 0.25) is 0 Å². The molecule has 3 N–H and O–H groups in total. The van der Waals surface area contributed by atoms with E-state index in [1.165, 1.54) is 6.26 Å². The summed E-state index contributed by atoms with van der Waals surface area (Å²) in [5.41, 5.74) is 2.00. The molecular weight excluding hydrogens is 440 g/mol. The number of carbonyl (C=O) groups excluding carboxylic acids is 2. The van der Waals surface area contributed by atoms with Crippen molar-refractivity contribution in [2.75, 3.05) is 26.4 Å². The van der Waals surface area contributed by atoms with Crippen LogP contribution in [0.15, 0.2) is 58.9 Å². The van der Waals surface area contributed by atoms with Crippen LogP contribution >= 0.6 is 0 Å². The van der Waals surface area contributed by atoms with Crippen molar-refractivity contribution in [1.82, 2.24) is 10.2 Å². The highest BCUT2D eigenvalue weighted by Crippen LogP contribution is 2.47. The zero-order valence-corrected chi connectivity index (χ0v) is 18.6. The smallest absolute Gasteiger partial charge is 0.247 e. The van der Waals surface area contributed by atoms with E-state index >= 15 is 0 Å². The van der Waals surface area contributed by atoms with E-state index in [2.05, 4.69) is 5.32 Å². The van der Waals surface area contributed by atoms with Crippen LogP contribution < -0.4 is 10.1 Å². The van der Waals surface area contributed by atoms with Gasteiger partial charge in [0.2, 0.25) is 11.8 Å². The summed E-state index contributed by atoms with van der Waals surface area (Å²) >= 11 is 0. The number of nitrogens with one attached hydrogen (secondary N) is 1. The first-order valence-electron chi connectivity index (χ1n) is 11.5. The number of ether oxygens (including phenoxy) is 2. The monoisotopic (exact) mass is 468 g/mol. The van der Waals surface area contributed by atoms with Crippen LogP contribution in [0.4, 0.5) is 0 Å². The Bertz CT molecular complexity index is 1060. The maximum Gasteiger partial charge on any atom is 0.247 e. The van der Waals surface area contributed by atoms with Gasteiger partial charge in [-0.25, -0.2) is 0 Å². The molecule has 5 rings (SSSR count). The Morgan fingerprint density at radius 3 is 2.79 bits per heavy atom. The first kappa shape index (κ1) is 22.6. The third-order valence-electron chi connectivity index (χ3n) is 6.73. The van der Waals surface area contributed by atoms with Crippen LogP contribution in [0, 0.1) is 5.92 Å². The molecule has 9 nitrogen and oxygen atoms in total. The molecule has 180 valence electrons. The van der Waals surface area contributed by atoms with Crippen molar-refractivity contribution in [2.24, 2.45) is 5.92 Å². The van der Waals surface area contributed by atoms with Gasteiger partial charge in [0.1, 0.15) is 18.0 Å². The van der Waals surface area contributed by atoms with E-state index in [1.54, 1.807) is 23.3 Å². The fraction of sp³-hybridized carbons (Fsp3) is 0.440. The van der Waals surface area contributed by atoms with Crippen LogP contribution in [0.3, 0.4) is 0 Å². The summed E-state index contributed by atoms with van der Waals surface area (Å²) in [7, 11) is 0. The minimum absolute atomic E-state index is 0.0976. The van der Waals surface area contributed by atoms with E-state index in [0.717, 1.165) is 11.1 Å². The van der Waals surface area contributed by atoms with Crippen molar-refractivity contribution in [3.63, 3.8) is 0 Å². The highest BCUT2D eigenvalue weighted by atomic mass is 16.5. The van der Waals surface area contributed by atoms with Crippen molar-refractivity contribution in [3.05, 3.63) is 65.6 Å². The first-order chi connectivity index (χ1) is 16.6. The summed E-state index contributed by atoms with van der Waals surface area (Å²) < 4.78 is 16.8. The van der Waals surface area contributed by atoms with E-state index in [-0.39, 0.29) is 37.4 Å². The molecule has 2 amide bonds. The third kappa shape index (κ3) is 4.11. The Morgan fingerprint density at radius 2 is 2.06 bits per heavy atom. The summed E-state index contributed by atoms with van der Waals surface area (Å²) in [6, 6.07) is 8.36. The second kappa shape index (κ2) is 9.61. The zero-order chi connectivity index (χ0) is 23.7. The number of fused-ring (bicyclic) bond motifs is 3. The predicted molar refractivity (Wildman–Crippen MR) is 120 cm³/mol. The number of hydrogen-bond acceptors (Lipinski definition) is 7. The molecule has 9 heteroatoms. The molecule has 2 aromatic rings. The minimum atomic E-state index is -1.06. The van der Waals surface area contributed by atoms with Crippen molar-refractivity contribution in [1.29, 1.82) is 0 Å². The molecule has 2 aliphatic heterocycles. The molecule has 0 bridgehead atoms. The van der Waals surface area contributed by atoms with Crippen molar-refractivity contribution in [3.8, 4) is 5.75 Å². The summed E-state index contributed by atoms with van der Waals surface area (Å²) in [6.45, 7) is 0.946. The van der Waals surface area contributed by atoms with Crippen molar-refractivity contribution >= 4 is 11.8 Å². The molecule has 0 saturated carbocycles. The largest absolute Gasteiger partial charge is 0.486 e. The van der Waals surface area contributed by atoms with Crippen LogP contribution in [0.25, 0.3) is 0 Å². The van der Waals surface area contributed by atoms with Gasteiger partial charge in [0.05, 0.1) is 43.6 Å². The van der Waals surface area contributed by atoms with E-state index in [9.17, 15) is 19.8 Å². The van der Waals surface area contributed by atoms with Gasteiger partial charge in [-0.1, -0.05) is 18.2 Å². The normalized spacial score (nSPS) is 27.4. The lowest BCUT2D eigenvalue weighted by molar-refractivity contribution is -0.142. The number of aliphatic hydroxyl groups excluding tert-OH is 2. The number of rotatable bonds is 7. The number of hydrogen-bond donors (Lipinski definition) is 3. The van der Waals surface area contributed by atoms with Gasteiger partial charge in [-0.2, -0.15) is 0 Å². The lowest BCUT2D eigenvalue weighted by atomic mass is 9.77. The number of carbonyl (C=O) groups is 2. The number of aliphatic hydroxyl groups is 2. The van der Waals surface area contributed by atoms with Crippen LogP contribution in [-0.4, -0.2) is 71.5 Å². The average Bonchev–Trinajstić information content (AvgIpc) is 3.62. The molecular formula is C25H28N2O7. The summed E-state index contributed by atoms with van der Waals surface area (Å²) in [5, 5.41) is 23.4. The summed E-state index contributed by atoms with van der Waals surface area (Å²) in [6.07, 6.45) is 3.57. The molecule has 1 saturated heterocycles. The number of para-hydroxylation sites is 1. The fourth-order valence-corrected chi connectivity index (χ4v) is 5.06. The SMILES string of the molecule is O=C(NCCO)C1=CC(N(Cc2ccoc2)C(=O)C2CCOC2)C(O)C2Oc3ccccc3C12. The predicted octanol–water partition coefficient (Wildman–Crippen LogP) is 0.968. The van der Waals surface area contributed by atoms with Gasteiger partial charge >= 0.3 is 0 Å². The van der Waals surface area contributed by atoms with Crippen LogP contribution in [0.5, 0.6) is 5.75 Å². The van der Waals surface area contributed by atoms with Gasteiger partial charge in [-0.05, 0) is 24.6 Å². The lowest BCUT2D eigenvalue weighted by Gasteiger charge is -2.41. The number of nitrogens with zero attached hydrogens (tertiary/aromatic N) is 1. The second-order valence-electron chi connectivity index (χ2n) is 8.84. The van der Waals surface area contributed by atoms with Gasteiger partial charge in [-0.3, -0.25) is 9.59 Å². The zero-order valence-electron chi connectivity index (χ0n) is 18.6.